The van der Waals surface area contributed by atoms with Gasteiger partial charge in [0.25, 0.3) is 0 Å². The van der Waals surface area contributed by atoms with Crippen molar-refractivity contribution in [1.82, 2.24) is 0 Å². The minimum absolute atomic E-state index is 0.511. The van der Waals surface area contributed by atoms with Crippen molar-refractivity contribution in [3.8, 4) is 22.3 Å². The van der Waals surface area contributed by atoms with Crippen molar-refractivity contribution in [2.45, 2.75) is 19.8 Å². The molecule has 0 unspecified atom stereocenters. The number of para-hydroxylation sites is 2. The van der Waals surface area contributed by atoms with Crippen LogP contribution >= 0.6 is 0 Å². The third-order valence-corrected chi connectivity index (χ3v) is 7.46. The first-order valence-electron chi connectivity index (χ1n) is 12.6. The zero-order valence-corrected chi connectivity index (χ0v) is 20.5. The minimum atomic E-state index is 0.511. The van der Waals surface area contributed by atoms with Crippen molar-refractivity contribution in [1.29, 1.82) is 0 Å². The lowest BCUT2D eigenvalue weighted by molar-refractivity contribution is 0.670. The van der Waals surface area contributed by atoms with Crippen molar-refractivity contribution in [3.63, 3.8) is 0 Å². The van der Waals surface area contributed by atoms with Gasteiger partial charge in [-0.1, -0.05) is 117 Å². The summed E-state index contributed by atoms with van der Waals surface area (Å²) in [7, 11) is 0. The van der Waals surface area contributed by atoms with Gasteiger partial charge in [-0.3, -0.25) is 0 Å². The molecular formula is C35H26O. The molecule has 0 aliphatic heterocycles. The first-order valence-corrected chi connectivity index (χ1v) is 12.6. The van der Waals surface area contributed by atoms with Crippen LogP contribution in [0.4, 0.5) is 0 Å². The second-order valence-corrected chi connectivity index (χ2v) is 9.96. The largest absolute Gasteiger partial charge is 0.455 e. The molecule has 7 rings (SSSR count). The van der Waals surface area contributed by atoms with E-state index in [1.807, 2.05) is 12.1 Å². The molecule has 0 fully saturated rings. The Bertz CT molecular complexity index is 1900. The number of hydrogen-bond donors (Lipinski definition) is 0. The highest BCUT2D eigenvalue weighted by molar-refractivity contribution is 6.14. The van der Waals surface area contributed by atoms with Gasteiger partial charge in [-0.2, -0.15) is 0 Å². The van der Waals surface area contributed by atoms with Crippen LogP contribution in [0.2, 0.25) is 0 Å². The van der Waals surface area contributed by atoms with E-state index in [-0.39, 0.29) is 0 Å². The van der Waals surface area contributed by atoms with Crippen molar-refractivity contribution in [2.75, 3.05) is 0 Å². The molecule has 7 aromatic rings. The maximum atomic E-state index is 6.29. The summed E-state index contributed by atoms with van der Waals surface area (Å²) in [5, 5.41) is 7.53. The van der Waals surface area contributed by atoms with E-state index in [0.717, 1.165) is 33.1 Å². The molecule has 0 aliphatic carbocycles. The maximum Gasteiger partial charge on any atom is 0.143 e. The molecule has 0 spiro atoms. The van der Waals surface area contributed by atoms with E-state index in [1.54, 1.807) is 0 Å². The van der Waals surface area contributed by atoms with Crippen LogP contribution < -0.4 is 0 Å². The lowest BCUT2D eigenvalue weighted by Gasteiger charge is -2.14. The fourth-order valence-electron chi connectivity index (χ4n) is 5.52. The molecule has 0 N–H and O–H groups in total. The van der Waals surface area contributed by atoms with Gasteiger partial charge in [0.2, 0.25) is 0 Å². The van der Waals surface area contributed by atoms with E-state index in [4.69, 9.17) is 4.42 Å². The van der Waals surface area contributed by atoms with Crippen LogP contribution in [0.3, 0.4) is 0 Å². The molecule has 0 radical (unpaired) electrons. The van der Waals surface area contributed by atoms with Gasteiger partial charge in [0, 0.05) is 16.3 Å². The molecule has 0 saturated heterocycles. The molecule has 6 aromatic carbocycles. The number of fused-ring (bicyclic) bond motifs is 6. The van der Waals surface area contributed by atoms with Gasteiger partial charge < -0.3 is 4.42 Å². The Labute approximate surface area is 210 Å². The maximum absolute atomic E-state index is 6.29. The Morgan fingerprint density at radius 2 is 1.17 bits per heavy atom. The normalized spacial score (nSPS) is 11.9. The SMILES string of the molecule is CC(C)c1ccc2cc(-c3ccc(-c4cccc5c4oc4ccccc45)cc3)c3ccccc3c2c1. The summed E-state index contributed by atoms with van der Waals surface area (Å²) < 4.78 is 6.29. The van der Waals surface area contributed by atoms with E-state index < -0.39 is 0 Å². The predicted molar refractivity (Wildman–Crippen MR) is 154 cm³/mol. The summed E-state index contributed by atoms with van der Waals surface area (Å²) in [5.74, 6) is 0.511. The second-order valence-electron chi connectivity index (χ2n) is 9.96. The van der Waals surface area contributed by atoms with Gasteiger partial charge in [-0.25, -0.2) is 0 Å². The number of furan rings is 1. The van der Waals surface area contributed by atoms with Gasteiger partial charge in [0.05, 0.1) is 0 Å². The van der Waals surface area contributed by atoms with Crippen LogP contribution in [-0.2, 0) is 0 Å². The standard InChI is InChI=1S/C35H26O/c1-22(2)25-18-19-26-21-32(28-8-3-4-9-29(28)33(26)20-25)24-16-14-23(15-17-24)27-11-7-12-31-30-10-5-6-13-34(30)36-35(27)31/h3-22H,1-2H3. The topological polar surface area (TPSA) is 13.1 Å². The zero-order valence-electron chi connectivity index (χ0n) is 20.5. The van der Waals surface area contributed by atoms with Gasteiger partial charge in [-0.05, 0) is 61.8 Å². The average molecular weight is 463 g/mol. The number of hydrogen-bond acceptors (Lipinski definition) is 1. The third kappa shape index (κ3) is 3.24. The van der Waals surface area contributed by atoms with E-state index in [1.165, 1.54) is 38.2 Å². The van der Waals surface area contributed by atoms with E-state index in [2.05, 4.69) is 117 Å². The summed E-state index contributed by atoms with van der Waals surface area (Å²) in [6, 6.07) is 41.6. The molecule has 1 heterocycles. The molecule has 1 aromatic heterocycles. The highest BCUT2D eigenvalue weighted by Crippen LogP contribution is 2.39. The summed E-state index contributed by atoms with van der Waals surface area (Å²) in [6.07, 6.45) is 0. The van der Waals surface area contributed by atoms with Crippen LogP contribution in [-0.4, -0.2) is 0 Å². The van der Waals surface area contributed by atoms with Crippen molar-refractivity contribution < 1.29 is 4.42 Å². The molecule has 1 nitrogen and oxygen atoms in total. The van der Waals surface area contributed by atoms with Crippen LogP contribution in [0.5, 0.6) is 0 Å². The fourth-order valence-corrected chi connectivity index (χ4v) is 5.52. The lowest BCUT2D eigenvalue weighted by atomic mass is 9.90. The van der Waals surface area contributed by atoms with Gasteiger partial charge in [-0.15, -0.1) is 0 Å². The van der Waals surface area contributed by atoms with E-state index in [0.29, 0.717) is 5.92 Å². The fraction of sp³-hybridized carbons (Fsp3) is 0.0857. The second kappa shape index (κ2) is 8.10. The van der Waals surface area contributed by atoms with Gasteiger partial charge in [0.1, 0.15) is 11.2 Å². The molecule has 0 aliphatic rings. The quantitative estimate of drug-likeness (QED) is 0.238. The Hall–Kier alpha value is -4.36. The summed E-state index contributed by atoms with van der Waals surface area (Å²) in [5.41, 5.74) is 8.04. The van der Waals surface area contributed by atoms with Gasteiger partial charge >= 0.3 is 0 Å². The Balaban J connectivity index is 1.38. The predicted octanol–water partition coefficient (Wildman–Crippen LogP) is 10.3. The smallest absolute Gasteiger partial charge is 0.143 e. The van der Waals surface area contributed by atoms with Crippen LogP contribution in [0.1, 0.15) is 25.3 Å². The Morgan fingerprint density at radius 1 is 0.500 bits per heavy atom. The molecule has 36 heavy (non-hydrogen) atoms. The Kier molecular flexibility index (Phi) is 4.72. The van der Waals surface area contributed by atoms with Crippen LogP contribution in [0, 0.1) is 0 Å². The number of benzene rings is 6. The highest BCUT2D eigenvalue weighted by atomic mass is 16.3. The first kappa shape index (κ1) is 21.0. The minimum Gasteiger partial charge on any atom is -0.455 e. The number of rotatable bonds is 3. The Morgan fingerprint density at radius 3 is 1.94 bits per heavy atom. The molecule has 0 atom stereocenters. The monoisotopic (exact) mass is 462 g/mol. The van der Waals surface area contributed by atoms with Gasteiger partial charge in [0.15, 0.2) is 0 Å². The molecular weight excluding hydrogens is 436 g/mol. The van der Waals surface area contributed by atoms with E-state index in [9.17, 15) is 0 Å². The lowest BCUT2D eigenvalue weighted by Crippen LogP contribution is -1.89. The van der Waals surface area contributed by atoms with E-state index >= 15 is 0 Å². The summed E-state index contributed by atoms with van der Waals surface area (Å²) in [6.45, 7) is 4.51. The average Bonchev–Trinajstić information content (AvgIpc) is 3.31. The summed E-state index contributed by atoms with van der Waals surface area (Å²) >= 11 is 0. The third-order valence-electron chi connectivity index (χ3n) is 7.46. The van der Waals surface area contributed by atoms with Crippen molar-refractivity contribution in [3.05, 3.63) is 121 Å². The van der Waals surface area contributed by atoms with Crippen LogP contribution in [0.25, 0.3) is 65.7 Å². The van der Waals surface area contributed by atoms with Crippen molar-refractivity contribution in [2.24, 2.45) is 0 Å². The van der Waals surface area contributed by atoms with Crippen LogP contribution in [0.15, 0.2) is 120 Å². The molecule has 0 bridgehead atoms. The molecule has 1 heteroatoms. The van der Waals surface area contributed by atoms with Crippen molar-refractivity contribution >= 4 is 43.5 Å². The first-order chi connectivity index (χ1) is 17.7. The molecule has 0 saturated carbocycles. The zero-order chi connectivity index (χ0) is 24.2. The summed E-state index contributed by atoms with van der Waals surface area (Å²) in [4.78, 5) is 0. The highest BCUT2D eigenvalue weighted by Gasteiger charge is 2.13. The molecule has 172 valence electrons. The molecule has 0 amide bonds.